The lowest BCUT2D eigenvalue weighted by molar-refractivity contribution is -0.436. The number of non-ortho nitro benzene ring substituents is 1. The van der Waals surface area contributed by atoms with Crippen LogP contribution in [-0.4, -0.2) is 55.4 Å². The number of nitro benzene ring substituents is 1. The maximum absolute atomic E-state index is 12.0. The second-order valence-electron chi connectivity index (χ2n) is 15.7. The van der Waals surface area contributed by atoms with Crippen molar-refractivity contribution in [2.24, 2.45) is 0 Å². The van der Waals surface area contributed by atoms with E-state index < -0.39 is 27.7 Å². The molecule has 2 unspecified atom stereocenters. The summed E-state index contributed by atoms with van der Waals surface area (Å²) in [5.74, 6) is -1.88. The van der Waals surface area contributed by atoms with E-state index in [2.05, 4.69) is 30.6 Å². The molecule has 1 aromatic heterocycles. The van der Waals surface area contributed by atoms with Crippen LogP contribution in [0.2, 0.25) is 0 Å². The van der Waals surface area contributed by atoms with Crippen LogP contribution in [0.4, 0.5) is 17.1 Å². The lowest BCUT2D eigenvalue weighted by atomic mass is 9.70. The van der Waals surface area contributed by atoms with Crippen molar-refractivity contribution in [1.29, 1.82) is 5.26 Å². The highest BCUT2D eigenvalue weighted by atomic mass is 16.6. The summed E-state index contributed by atoms with van der Waals surface area (Å²) in [6, 6.07) is 25.1. The minimum Gasteiger partial charge on any atom is -0.481 e. The molecule has 0 radical (unpaired) electrons. The highest BCUT2D eigenvalue weighted by molar-refractivity contribution is 6.04. The molecule has 0 amide bonds. The van der Waals surface area contributed by atoms with E-state index in [-0.39, 0.29) is 31.6 Å². The van der Waals surface area contributed by atoms with Crippen LogP contribution in [0.15, 0.2) is 127 Å². The van der Waals surface area contributed by atoms with Crippen molar-refractivity contribution < 1.29 is 29.3 Å². The van der Waals surface area contributed by atoms with Gasteiger partial charge in [-0.15, -0.1) is 0 Å². The number of carboxylic acid groups (broad SMARTS) is 2. The van der Waals surface area contributed by atoms with Gasteiger partial charge in [0.1, 0.15) is 6.42 Å². The molecule has 0 saturated carbocycles. The fourth-order valence-electron chi connectivity index (χ4n) is 8.99. The highest BCUT2D eigenvalue weighted by Gasteiger charge is 2.51. The average Bonchev–Trinajstić information content (AvgIpc) is 3.64. The lowest BCUT2D eigenvalue weighted by Gasteiger charge is -2.29. The number of nitro groups is 1. The van der Waals surface area contributed by atoms with Crippen molar-refractivity contribution in [3.8, 4) is 6.07 Å². The van der Waals surface area contributed by atoms with Gasteiger partial charge in [-0.1, -0.05) is 81.2 Å². The van der Waals surface area contributed by atoms with Crippen molar-refractivity contribution >= 4 is 45.5 Å². The SMILES string of the molecule is C/C=C/CC1(C)\C(=C/C=C(C#N)/C=C/C2=[N+](CCC(=O)O)c3ccccc3C2(CCCCCC)Cc2ccccn2)N(CCC(=O)O)c2c1ccc1ccc([N+](=O)[O-])cc21. The number of para-hydroxylation sites is 1. The van der Waals surface area contributed by atoms with E-state index in [0.29, 0.717) is 29.5 Å². The molecular formula is C49H52N5O6+. The number of carboxylic acids is 2. The number of carbonyl (C=O) groups is 2. The number of fused-ring (bicyclic) bond motifs is 4. The number of nitrogens with zero attached hydrogens (tertiary/aromatic N) is 5. The van der Waals surface area contributed by atoms with Crippen molar-refractivity contribution in [2.75, 3.05) is 18.0 Å². The molecule has 308 valence electrons. The summed E-state index contributed by atoms with van der Waals surface area (Å²) in [5.41, 5.74) is 5.30. The summed E-state index contributed by atoms with van der Waals surface area (Å²) in [6.07, 6.45) is 19.0. The zero-order chi connectivity index (χ0) is 42.9. The largest absolute Gasteiger partial charge is 0.481 e. The topological polar surface area (TPSA) is 161 Å². The normalized spacial score (nSPS) is 19.4. The van der Waals surface area contributed by atoms with Crippen molar-refractivity contribution in [2.45, 2.75) is 89.4 Å². The highest BCUT2D eigenvalue weighted by Crippen LogP contribution is 2.53. The predicted molar refractivity (Wildman–Crippen MR) is 235 cm³/mol. The Balaban J connectivity index is 1.52. The van der Waals surface area contributed by atoms with E-state index >= 15 is 0 Å². The van der Waals surface area contributed by atoms with E-state index in [1.165, 1.54) is 6.07 Å². The minimum atomic E-state index is -0.980. The smallest absolute Gasteiger partial charge is 0.309 e. The number of anilines is 1. The standard InChI is InChI=1S/C49H51N5O6/c1-4-6-8-12-28-49(33-37-14-11-13-29-51-37)40-15-9-10-16-42(40)52(30-25-45(55)56)44(49)24-18-35(34-50)17-23-43-48(3,27-7-5-2)41-22-20-36-19-21-38(54(59)60)32-39(36)47(41)53(43)31-26-46(57)58/h5,7,9-11,13-24,29,32H,4,6,8,12,25-28,30-31,33H2,1-3H3,(H-,55,56,57,58)/p+1/b7-5+. The van der Waals surface area contributed by atoms with Gasteiger partial charge in [0.05, 0.1) is 34.1 Å². The molecule has 11 nitrogen and oxygen atoms in total. The van der Waals surface area contributed by atoms with Crippen molar-refractivity contribution in [1.82, 2.24) is 4.98 Å². The van der Waals surface area contributed by atoms with Gasteiger partial charge in [0.2, 0.25) is 5.69 Å². The molecule has 0 spiro atoms. The number of hydrogen-bond acceptors (Lipinski definition) is 7. The molecule has 0 aliphatic carbocycles. The summed E-state index contributed by atoms with van der Waals surface area (Å²) in [5, 5.41) is 43.8. The quantitative estimate of drug-likeness (QED) is 0.0179. The molecule has 3 heterocycles. The van der Waals surface area contributed by atoms with Crippen LogP contribution in [0.3, 0.4) is 0 Å². The van der Waals surface area contributed by atoms with E-state index in [9.17, 15) is 35.2 Å². The van der Waals surface area contributed by atoms with Gasteiger partial charge >= 0.3 is 11.9 Å². The van der Waals surface area contributed by atoms with Gasteiger partial charge in [0.15, 0.2) is 12.3 Å². The molecule has 0 fully saturated rings. The number of hydrogen-bond donors (Lipinski definition) is 2. The Morgan fingerprint density at radius 3 is 2.47 bits per heavy atom. The molecule has 4 aromatic rings. The first-order chi connectivity index (χ1) is 29.0. The first-order valence-electron chi connectivity index (χ1n) is 20.7. The Labute approximate surface area is 351 Å². The Morgan fingerprint density at radius 1 is 1.00 bits per heavy atom. The monoisotopic (exact) mass is 806 g/mol. The summed E-state index contributed by atoms with van der Waals surface area (Å²) in [6.45, 7) is 6.54. The lowest BCUT2D eigenvalue weighted by Crippen LogP contribution is -2.37. The Bertz CT molecular complexity index is 2480. The van der Waals surface area contributed by atoms with Crippen molar-refractivity contribution in [3.05, 3.63) is 154 Å². The second kappa shape index (κ2) is 18.9. The van der Waals surface area contributed by atoms with Gasteiger partial charge in [-0.3, -0.25) is 24.7 Å². The van der Waals surface area contributed by atoms with Crippen LogP contribution in [0.5, 0.6) is 0 Å². The molecule has 2 aliphatic heterocycles. The first-order valence-corrected chi connectivity index (χ1v) is 20.7. The van der Waals surface area contributed by atoms with E-state index in [1.54, 1.807) is 30.5 Å². The summed E-state index contributed by atoms with van der Waals surface area (Å²) >= 11 is 0. The van der Waals surface area contributed by atoms with Crippen LogP contribution in [0, 0.1) is 21.4 Å². The van der Waals surface area contributed by atoms with Gasteiger partial charge in [-0.25, -0.2) is 0 Å². The number of aliphatic carboxylic acids is 2. The zero-order valence-electron chi connectivity index (χ0n) is 34.5. The van der Waals surface area contributed by atoms with Crippen LogP contribution < -0.4 is 4.90 Å². The number of unbranched alkanes of at least 4 members (excludes halogenated alkanes) is 3. The molecular weight excluding hydrogens is 755 g/mol. The van der Waals surface area contributed by atoms with E-state index in [1.807, 2.05) is 84.7 Å². The third-order valence-corrected chi connectivity index (χ3v) is 11.9. The molecule has 2 atom stereocenters. The van der Waals surface area contributed by atoms with Gasteiger partial charge in [-0.2, -0.15) is 9.84 Å². The number of rotatable bonds is 19. The summed E-state index contributed by atoms with van der Waals surface area (Å²) in [4.78, 5) is 42.2. The third-order valence-electron chi connectivity index (χ3n) is 11.9. The fourth-order valence-corrected chi connectivity index (χ4v) is 8.99. The predicted octanol–water partition coefficient (Wildman–Crippen LogP) is 10.3. The number of allylic oxidation sites excluding steroid dienone is 8. The number of aromatic nitrogens is 1. The van der Waals surface area contributed by atoms with E-state index in [4.69, 9.17) is 4.98 Å². The zero-order valence-corrected chi connectivity index (χ0v) is 34.5. The van der Waals surface area contributed by atoms with Gasteiger partial charge in [0.25, 0.3) is 5.69 Å². The number of pyridine rings is 1. The van der Waals surface area contributed by atoms with Gasteiger partial charge in [-0.05, 0) is 74.1 Å². The summed E-state index contributed by atoms with van der Waals surface area (Å²) in [7, 11) is 0. The number of benzene rings is 3. The van der Waals surface area contributed by atoms with Crippen molar-refractivity contribution in [3.63, 3.8) is 0 Å². The van der Waals surface area contributed by atoms with Crippen LogP contribution in [0.25, 0.3) is 10.8 Å². The van der Waals surface area contributed by atoms with E-state index in [0.717, 1.165) is 71.4 Å². The van der Waals surface area contributed by atoms with Crippen LogP contribution in [0.1, 0.15) is 89.0 Å². The average molecular weight is 807 g/mol. The number of nitriles is 1. The van der Waals surface area contributed by atoms with Gasteiger partial charge in [0, 0.05) is 71.2 Å². The molecule has 6 rings (SSSR count). The Morgan fingerprint density at radius 2 is 1.77 bits per heavy atom. The molecule has 3 aromatic carbocycles. The maximum Gasteiger partial charge on any atom is 0.309 e. The molecule has 11 heteroatoms. The molecule has 60 heavy (non-hydrogen) atoms. The maximum atomic E-state index is 12.0. The summed E-state index contributed by atoms with van der Waals surface area (Å²) < 4.78 is 2.09. The Hall–Kier alpha value is -6.67. The molecule has 2 aliphatic rings. The second-order valence-corrected chi connectivity index (χ2v) is 15.7. The molecule has 0 saturated heterocycles. The molecule has 0 bridgehead atoms. The van der Waals surface area contributed by atoms with Crippen LogP contribution >= 0.6 is 0 Å². The third kappa shape index (κ3) is 8.83. The molecule has 2 N–H and O–H groups in total. The minimum absolute atomic E-state index is 0.0630. The van der Waals surface area contributed by atoms with Gasteiger partial charge < -0.3 is 15.1 Å². The Kier molecular flexibility index (Phi) is 13.5. The van der Waals surface area contributed by atoms with Crippen LogP contribution in [-0.2, 0) is 26.8 Å². The fraction of sp³-hybridized carbons (Fsp3) is 0.327. The first kappa shape index (κ1) is 42.9.